The van der Waals surface area contributed by atoms with Crippen molar-refractivity contribution in [1.29, 1.82) is 0 Å². The van der Waals surface area contributed by atoms with Crippen LogP contribution >= 0.6 is 15.9 Å². The van der Waals surface area contributed by atoms with Gasteiger partial charge in [0.05, 0.1) is 0 Å². The van der Waals surface area contributed by atoms with Crippen molar-refractivity contribution in [3.05, 3.63) is 27.7 Å². The number of nitrogen functional groups attached to an aromatic ring is 1. The first-order valence-electron chi connectivity index (χ1n) is 5.36. The Balaban J connectivity index is 3.17. The van der Waals surface area contributed by atoms with Gasteiger partial charge in [0.1, 0.15) is 0 Å². The van der Waals surface area contributed by atoms with Crippen LogP contribution in [0.2, 0.25) is 0 Å². The van der Waals surface area contributed by atoms with Gasteiger partial charge in [-0.15, -0.1) is 0 Å². The van der Waals surface area contributed by atoms with E-state index in [4.69, 9.17) is 5.73 Å². The van der Waals surface area contributed by atoms with Crippen LogP contribution in [0.1, 0.15) is 29.8 Å². The van der Waals surface area contributed by atoms with E-state index in [-0.39, 0.29) is 5.91 Å². The molecule has 3 nitrogen and oxygen atoms in total. The number of carbonyl (C=O) groups excluding carboxylic acids is 1. The molecular formula is C12H17BrN2O. The minimum absolute atomic E-state index is 0.0375. The van der Waals surface area contributed by atoms with E-state index in [1.807, 2.05) is 32.9 Å². The van der Waals surface area contributed by atoms with Crippen molar-refractivity contribution in [1.82, 2.24) is 4.90 Å². The Morgan fingerprint density at radius 1 is 1.38 bits per heavy atom. The average Bonchev–Trinajstić information content (AvgIpc) is 2.24. The van der Waals surface area contributed by atoms with Gasteiger partial charge in [-0.1, -0.05) is 15.9 Å². The molecule has 2 N–H and O–H groups in total. The van der Waals surface area contributed by atoms with Gasteiger partial charge in [-0.3, -0.25) is 4.79 Å². The second-order valence-corrected chi connectivity index (χ2v) is 4.56. The zero-order valence-electron chi connectivity index (χ0n) is 9.88. The van der Waals surface area contributed by atoms with Crippen molar-refractivity contribution in [2.24, 2.45) is 0 Å². The highest BCUT2D eigenvalue weighted by Gasteiger charge is 2.16. The zero-order chi connectivity index (χ0) is 12.3. The van der Waals surface area contributed by atoms with Crippen molar-refractivity contribution in [3.63, 3.8) is 0 Å². The Labute approximate surface area is 105 Å². The Bertz CT molecular complexity index is 400. The number of halogens is 1. The first-order chi connectivity index (χ1) is 7.51. The van der Waals surface area contributed by atoms with Gasteiger partial charge in [0.25, 0.3) is 5.91 Å². The Kier molecular flexibility index (Phi) is 4.35. The van der Waals surface area contributed by atoms with E-state index in [0.717, 1.165) is 10.0 Å². The van der Waals surface area contributed by atoms with Gasteiger partial charge < -0.3 is 10.6 Å². The van der Waals surface area contributed by atoms with Gasteiger partial charge in [0.15, 0.2) is 0 Å². The molecule has 1 amide bonds. The number of benzene rings is 1. The highest BCUT2D eigenvalue weighted by molar-refractivity contribution is 9.10. The lowest BCUT2D eigenvalue weighted by molar-refractivity contribution is 0.0772. The Morgan fingerprint density at radius 2 is 1.94 bits per heavy atom. The molecule has 0 saturated carbocycles. The van der Waals surface area contributed by atoms with Crippen LogP contribution in [-0.4, -0.2) is 23.9 Å². The van der Waals surface area contributed by atoms with Crippen LogP contribution in [0.4, 0.5) is 5.69 Å². The third kappa shape index (κ3) is 2.55. The third-order valence-electron chi connectivity index (χ3n) is 2.69. The highest BCUT2D eigenvalue weighted by atomic mass is 79.9. The molecular weight excluding hydrogens is 268 g/mol. The second kappa shape index (κ2) is 5.34. The molecule has 16 heavy (non-hydrogen) atoms. The van der Waals surface area contributed by atoms with Gasteiger partial charge in [0.2, 0.25) is 0 Å². The third-order valence-corrected chi connectivity index (χ3v) is 3.15. The van der Waals surface area contributed by atoms with E-state index in [2.05, 4.69) is 15.9 Å². The number of hydrogen-bond donors (Lipinski definition) is 1. The summed E-state index contributed by atoms with van der Waals surface area (Å²) in [6, 6.07) is 3.64. The average molecular weight is 285 g/mol. The van der Waals surface area contributed by atoms with Crippen molar-refractivity contribution in [2.75, 3.05) is 18.8 Å². The maximum Gasteiger partial charge on any atom is 0.254 e. The molecule has 0 bridgehead atoms. The molecule has 0 atom stereocenters. The number of hydrogen-bond acceptors (Lipinski definition) is 2. The van der Waals surface area contributed by atoms with Crippen LogP contribution in [0.3, 0.4) is 0 Å². The topological polar surface area (TPSA) is 46.3 Å². The quantitative estimate of drug-likeness (QED) is 0.868. The number of carbonyl (C=O) groups is 1. The van der Waals surface area contributed by atoms with Gasteiger partial charge in [-0.25, -0.2) is 0 Å². The lowest BCUT2D eigenvalue weighted by Gasteiger charge is -2.20. The van der Waals surface area contributed by atoms with Crippen LogP contribution in [0.5, 0.6) is 0 Å². The number of nitrogens with two attached hydrogens (primary N) is 1. The monoisotopic (exact) mass is 284 g/mol. The van der Waals surface area contributed by atoms with Gasteiger partial charge in [-0.05, 0) is 38.5 Å². The Hall–Kier alpha value is -1.03. The van der Waals surface area contributed by atoms with Crippen molar-refractivity contribution in [3.8, 4) is 0 Å². The number of amides is 1. The van der Waals surface area contributed by atoms with Crippen LogP contribution in [0.25, 0.3) is 0 Å². The molecule has 0 fully saturated rings. The smallest absolute Gasteiger partial charge is 0.254 e. The number of rotatable bonds is 3. The van der Waals surface area contributed by atoms with E-state index < -0.39 is 0 Å². The van der Waals surface area contributed by atoms with E-state index in [1.54, 1.807) is 4.90 Å². The molecule has 0 aliphatic rings. The lowest BCUT2D eigenvalue weighted by atomic mass is 10.1. The van der Waals surface area contributed by atoms with Crippen LogP contribution in [-0.2, 0) is 0 Å². The largest absolute Gasteiger partial charge is 0.398 e. The molecule has 0 radical (unpaired) electrons. The summed E-state index contributed by atoms with van der Waals surface area (Å²) >= 11 is 3.36. The van der Waals surface area contributed by atoms with Crippen LogP contribution in [0.15, 0.2) is 16.6 Å². The van der Waals surface area contributed by atoms with Gasteiger partial charge in [0, 0.05) is 28.8 Å². The van der Waals surface area contributed by atoms with Crippen molar-refractivity contribution < 1.29 is 4.79 Å². The maximum atomic E-state index is 12.2. The normalized spacial score (nSPS) is 10.2. The number of anilines is 1. The molecule has 0 spiro atoms. The summed E-state index contributed by atoms with van der Waals surface area (Å²) in [7, 11) is 0. The molecule has 0 aliphatic heterocycles. The molecule has 0 aliphatic carbocycles. The van der Waals surface area contributed by atoms with Gasteiger partial charge in [-0.2, -0.15) is 0 Å². The van der Waals surface area contributed by atoms with E-state index in [1.165, 1.54) is 0 Å². The standard InChI is InChI=1S/C12H17BrN2O/c1-4-15(5-2)12(16)10-6-9(13)7-11(14)8(10)3/h6-7H,4-5,14H2,1-3H3. The highest BCUT2D eigenvalue weighted by Crippen LogP contribution is 2.23. The Morgan fingerprint density at radius 3 is 2.44 bits per heavy atom. The van der Waals surface area contributed by atoms with Crippen molar-refractivity contribution in [2.45, 2.75) is 20.8 Å². The van der Waals surface area contributed by atoms with Crippen LogP contribution in [0, 0.1) is 6.92 Å². The molecule has 0 aromatic heterocycles. The molecule has 0 unspecified atom stereocenters. The molecule has 0 heterocycles. The predicted molar refractivity (Wildman–Crippen MR) is 70.5 cm³/mol. The fourth-order valence-electron chi connectivity index (χ4n) is 1.60. The summed E-state index contributed by atoms with van der Waals surface area (Å²) in [5.74, 6) is 0.0375. The fraction of sp³-hybridized carbons (Fsp3) is 0.417. The van der Waals surface area contributed by atoms with E-state index >= 15 is 0 Å². The van der Waals surface area contributed by atoms with E-state index in [0.29, 0.717) is 24.3 Å². The zero-order valence-corrected chi connectivity index (χ0v) is 11.5. The fourth-order valence-corrected chi connectivity index (χ4v) is 2.08. The molecule has 0 saturated heterocycles. The van der Waals surface area contributed by atoms with Gasteiger partial charge >= 0.3 is 0 Å². The van der Waals surface area contributed by atoms with Crippen LogP contribution < -0.4 is 5.73 Å². The second-order valence-electron chi connectivity index (χ2n) is 3.65. The molecule has 1 aromatic carbocycles. The maximum absolute atomic E-state index is 12.2. The first-order valence-corrected chi connectivity index (χ1v) is 6.15. The molecule has 88 valence electrons. The summed E-state index contributed by atoms with van der Waals surface area (Å²) < 4.78 is 0.839. The SMILES string of the molecule is CCN(CC)C(=O)c1cc(Br)cc(N)c1C. The molecule has 1 rings (SSSR count). The number of nitrogens with zero attached hydrogens (tertiary/aromatic N) is 1. The summed E-state index contributed by atoms with van der Waals surface area (Å²) in [5.41, 5.74) is 8.01. The molecule has 4 heteroatoms. The minimum atomic E-state index is 0.0375. The molecule has 1 aromatic rings. The summed E-state index contributed by atoms with van der Waals surface area (Å²) in [6.07, 6.45) is 0. The summed E-state index contributed by atoms with van der Waals surface area (Å²) in [5, 5.41) is 0. The predicted octanol–water partition coefficient (Wildman–Crippen LogP) is 2.82. The first kappa shape index (κ1) is 13.0. The van der Waals surface area contributed by atoms with E-state index in [9.17, 15) is 4.79 Å². The minimum Gasteiger partial charge on any atom is -0.398 e. The summed E-state index contributed by atoms with van der Waals surface area (Å²) in [6.45, 7) is 7.23. The lowest BCUT2D eigenvalue weighted by Crippen LogP contribution is -2.31. The summed E-state index contributed by atoms with van der Waals surface area (Å²) in [4.78, 5) is 14.0. The van der Waals surface area contributed by atoms with Crippen molar-refractivity contribution >= 4 is 27.5 Å².